The highest BCUT2D eigenvalue weighted by Gasteiger charge is 2.30. The number of nitrogens with zero attached hydrogens (tertiary/aromatic N) is 4. The highest BCUT2D eigenvalue weighted by molar-refractivity contribution is 6.05. The maximum absolute atomic E-state index is 12.9. The largest absolute Gasteiger partial charge is 0.444 e. The number of ether oxygens (including phenoxy) is 1. The van der Waals surface area contributed by atoms with Gasteiger partial charge in [-0.3, -0.25) is 14.7 Å². The lowest BCUT2D eigenvalue weighted by atomic mass is 10.1. The predicted octanol–water partition coefficient (Wildman–Crippen LogP) is 5.62. The standard InChI is InChI=1S/C31H35N5O3/c1-21-19-35(15-16-36(21)30(38)39-31(3,4)5)20-23-9-11-26(12-10-23)34-29(37)27-13-14-28(33-22(27)2)25-8-6-7-24(17-25)18-32/h6-14,17,21H,15-16,19-20H2,1-5H3,(H,34,37)/t21-/m0/s1. The van der Waals surface area contributed by atoms with Gasteiger partial charge in [0, 0.05) is 43.5 Å². The molecule has 8 heteroatoms. The summed E-state index contributed by atoms with van der Waals surface area (Å²) in [5.41, 5.74) is 4.56. The van der Waals surface area contributed by atoms with E-state index < -0.39 is 5.60 Å². The van der Waals surface area contributed by atoms with E-state index in [2.05, 4.69) is 21.3 Å². The summed E-state index contributed by atoms with van der Waals surface area (Å²) in [5, 5.41) is 12.1. The van der Waals surface area contributed by atoms with Gasteiger partial charge >= 0.3 is 6.09 Å². The summed E-state index contributed by atoms with van der Waals surface area (Å²) in [5.74, 6) is -0.225. The number of carbonyl (C=O) groups is 2. The van der Waals surface area contributed by atoms with Crippen molar-refractivity contribution in [2.24, 2.45) is 0 Å². The van der Waals surface area contributed by atoms with E-state index in [0.29, 0.717) is 34.7 Å². The lowest BCUT2D eigenvalue weighted by molar-refractivity contribution is 0.000551. The summed E-state index contributed by atoms with van der Waals surface area (Å²) in [6.07, 6.45) is -0.261. The monoisotopic (exact) mass is 525 g/mol. The Morgan fingerprint density at radius 1 is 1.10 bits per heavy atom. The van der Waals surface area contributed by atoms with Crippen molar-refractivity contribution >= 4 is 17.7 Å². The number of anilines is 1. The van der Waals surface area contributed by atoms with E-state index in [1.54, 1.807) is 36.1 Å². The third kappa shape index (κ3) is 7.21. The van der Waals surface area contributed by atoms with Crippen LogP contribution in [0.2, 0.25) is 0 Å². The number of amides is 2. The average Bonchev–Trinajstić information content (AvgIpc) is 2.88. The van der Waals surface area contributed by atoms with Gasteiger partial charge in [0.15, 0.2) is 0 Å². The molecule has 8 nitrogen and oxygen atoms in total. The molecule has 1 aliphatic heterocycles. The second kappa shape index (κ2) is 11.7. The molecule has 3 aromatic rings. The molecule has 4 rings (SSSR count). The molecule has 1 aromatic heterocycles. The van der Waals surface area contributed by atoms with Crippen molar-refractivity contribution in [3.63, 3.8) is 0 Å². The van der Waals surface area contributed by atoms with Crippen LogP contribution in [0, 0.1) is 18.3 Å². The Morgan fingerprint density at radius 3 is 2.49 bits per heavy atom. The number of aryl methyl sites for hydroxylation is 1. The molecule has 0 saturated carbocycles. The summed E-state index contributed by atoms with van der Waals surface area (Å²) < 4.78 is 5.54. The van der Waals surface area contributed by atoms with Crippen LogP contribution in [0.3, 0.4) is 0 Å². The minimum atomic E-state index is -0.505. The molecule has 1 atom stereocenters. The van der Waals surface area contributed by atoms with Gasteiger partial charge in [-0.25, -0.2) is 4.79 Å². The molecule has 2 amide bonds. The van der Waals surface area contributed by atoms with E-state index in [1.165, 1.54) is 0 Å². The van der Waals surface area contributed by atoms with Crippen LogP contribution in [0.4, 0.5) is 10.5 Å². The first kappa shape index (κ1) is 27.8. The van der Waals surface area contributed by atoms with Crippen molar-refractivity contribution in [3.05, 3.63) is 83.0 Å². The van der Waals surface area contributed by atoms with Crippen molar-refractivity contribution in [1.82, 2.24) is 14.8 Å². The molecule has 1 aliphatic rings. The van der Waals surface area contributed by atoms with E-state index in [4.69, 9.17) is 10.00 Å². The average molecular weight is 526 g/mol. The normalized spacial score (nSPS) is 15.9. The van der Waals surface area contributed by atoms with Crippen molar-refractivity contribution in [3.8, 4) is 17.3 Å². The van der Waals surface area contributed by atoms with E-state index in [0.717, 1.165) is 30.8 Å². The van der Waals surface area contributed by atoms with Crippen LogP contribution in [-0.4, -0.2) is 58.1 Å². The Balaban J connectivity index is 1.33. The zero-order chi connectivity index (χ0) is 28.2. The number of aromatic nitrogens is 1. The lowest BCUT2D eigenvalue weighted by Gasteiger charge is -2.40. The number of rotatable bonds is 5. The van der Waals surface area contributed by atoms with Crippen LogP contribution in [0.5, 0.6) is 0 Å². The molecule has 0 bridgehead atoms. The van der Waals surface area contributed by atoms with E-state index >= 15 is 0 Å². The van der Waals surface area contributed by atoms with Crippen LogP contribution >= 0.6 is 0 Å². The summed E-state index contributed by atoms with van der Waals surface area (Å²) in [6.45, 7) is 12.4. The number of nitriles is 1. The highest BCUT2D eigenvalue weighted by Crippen LogP contribution is 2.22. The Kier molecular flexibility index (Phi) is 8.32. The van der Waals surface area contributed by atoms with E-state index in [-0.39, 0.29) is 18.0 Å². The van der Waals surface area contributed by atoms with Crippen LogP contribution in [0.25, 0.3) is 11.3 Å². The Hall–Kier alpha value is -4.22. The van der Waals surface area contributed by atoms with Gasteiger partial charge in [-0.15, -0.1) is 0 Å². The van der Waals surface area contributed by atoms with Crippen LogP contribution < -0.4 is 5.32 Å². The SMILES string of the molecule is Cc1nc(-c2cccc(C#N)c2)ccc1C(=O)Nc1ccc(CN2CCN(C(=O)OC(C)(C)C)[C@@H](C)C2)cc1. The van der Waals surface area contributed by atoms with Crippen LogP contribution in [0.1, 0.15) is 54.9 Å². The molecule has 0 spiro atoms. The maximum atomic E-state index is 12.9. The summed E-state index contributed by atoms with van der Waals surface area (Å²) in [7, 11) is 0. The molecule has 2 heterocycles. The first-order valence-electron chi connectivity index (χ1n) is 13.1. The van der Waals surface area contributed by atoms with Gasteiger partial charge in [-0.05, 0) is 76.6 Å². The second-order valence-corrected chi connectivity index (χ2v) is 10.9. The molecule has 1 saturated heterocycles. The van der Waals surface area contributed by atoms with Gasteiger partial charge in [-0.2, -0.15) is 5.26 Å². The predicted molar refractivity (Wildman–Crippen MR) is 151 cm³/mol. The van der Waals surface area contributed by atoms with Crippen molar-refractivity contribution < 1.29 is 14.3 Å². The fraction of sp³-hybridized carbons (Fsp3) is 0.355. The van der Waals surface area contributed by atoms with Gasteiger partial charge in [0.05, 0.1) is 28.6 Å². The minimum Gasteiger partial charge on any atom is -0.444 e. The Morgan fingerprint density at radius 2 is 1.85 bits per heavy atom. The molecule has 0 unspecified atom stereocenters. The number of pyridine rings is 1. The molecule has 1 N–H and O–H groups in total. The molecule has 1 fully saturated rings. The summed E-state index contributed by atoms with van der Waals surface area (Å²) >= 11 is 0. The molecule has 202 valence electrons. The molecular formula is C31H35N5O3. The first-order chi connectivity index (χ1) is 18.5. The van der Waals surface area contributed by atoms with Gasteiger partial charge < -0.3 is 15.0 Å². The smallest absolute Gasteiger partial charge is 0.410 e. The maximum Gasteiger partial charge on any atom is 0.410 e. The number of hydrogen-bond donors (Lipinski definition) is 1. The number of piperazine rings is 1. The van der Waals surface area contributed by atoms with Crippen LogP contribution in [0.15, 0.2) is 60.7 Å². The Labute approximate surface area is 230 Å². The van der Waals surface area contributed by atoms with Crippen LogP contribution in [-0.2, 0) is 11.3 Å². The van der Waals surface area contributed by atoms with Gasteiger partial charge in [0.25, 0.3) is 5.91 Å². The number of nitrogens with one attached hydrogen (secondary N) is 1. The highest BCUT2D eigenvalue weighted by atomic mass is 16.6. The first-order valence-corrected chi connectivity index (χ1v) is 13.1. The minimum absolute atomic E-state index is 0.0608. The van der Waals surface area contributed by atoms with Gasteiger partial charge in [0.2, 0.25) is 0 Å². The summed E-state index contributed by atoms with van der Waals surface area (Å²) in [4.78, 5) is 34.1. The lowest BCUT2D eigenvalue weighted by Crippen LogP contribution is -2.54. The van der Waals surface area contributed by atoms with Gasteiger partial charge in [0.1, 0.15) is 5.60 Å². The number of benzene rings is 2. The third-order valence-electron chi connectivity index (χ3n) is 6.58. The fourth-order valence-corrected chi connectivity index (χ4v) is 4.63. The molecule has 0 radical (unpaired) electrons. The molecule has 0 aliphatic carbocycles. The van der Waals surface area contributed by atoms with Crippen molar-refractivity contribution in [2.45, 2.75) is 52.8 Å². The van der Waals surface area contributed by atoms with Crippen molar-refractivity contribution in [1.29, 1.82) is 5.26 Å². The van der Waals surface area contributed by atoms with Crippen molar-refractivity contribution in [2.75, 3.05) is 25.0 Å². The van der Waals surface area contributed by atoms with E-state index in [9.17, 15) is 9.59 Å². The molecule has 2 aromatic carbocycles. The fourth-order valence-electron chi connectivity index (χ4n) is 4.63. The third-order valence-corrected chi connectivity index (χ3v) is 6.58. The zero-order valence-electron chi connectivity index (χ0n) is 23.2. The van der Waals surface area contributed by atoms with Gasteiger partial charge in [-0.1, -0.05) is 24.3 Å². The second-order valence-electron chi connectivity index (χ2n) is 10.9. The molecular weight excluding hydrogens is 490 g/mol. The Bertz CT molecular complexity index is 1390. The van der Waals surface area contributed by atoms with E-state index in [1.807, 2.05) is 64.1 Å². The quantitative estimate of drug-likeness (QED) is 0.464. The topological polar surface area (TPSA) is 98.6 Å². The number of carbonyl (C=O) groups excluding carboxylic acids is 2. The number of hydrogen-bond acceptors (Lipinski definition) is 6. The molecule has 39 heavy (non-hydrogen) atoms. The summed E-state index contributed by atoms with van der Waals surface area (Å²) in [6, 6.07) is 20.8. The zero-order valence-corrected chi connectivity index (χ0v) is 23.2.